The van der Waals surface area contributed by atoms with Gasteiger partial charge >= 0.3 is 0 Å². The van der Waals surface area contributed by atoms with Gasteiger partial charge in [0.25, 0.3) is 5.56 Å². The van der Waals surface area contributed by atoms with Gasteiger partial charge < -0.3 is 9.72 Å². The molecular weight excluding hydrogens is 272 g/mol. The number of aromatic amines is 1. The number of hydrogen-bond donors (Lipinski definition) is 1. The zero-order chi connectivity index (χ0) is 12.3. The quantitative estimate of drug-likeness (QED) is 0.926. The van der Waals surface area contributed by atoms with Crippen LogP contribution in [0.3, 0.4) is 0 Å². The lowest BCUT2D eigenvalue weighted by Crippen LogP contribution is -2.21. The molecule has 0 aliphatic rings. The van der Waals surface area contributed by atoms with E-state index in [9.17, 15) is 4.79 Å². The van der Waals surface area contributed by atoms with Crippen molar-refractivity contribution in [2.75, 3.05) is 6.61 Å². The van der Waals surface area contributed by atoms with Gasteiger partial charge in [0.05, 0.1) is 5.69 Å². The first-order chi connectivity index (χ1) is 7.47. The van der Waals surface area contributed by atoms with E-state index in [0.717, 1.165) is 0 Å². The van der Waals surface area contributed by atoms with Crippen molar-refractivity contribution < 1.29 is 4.74 Å². The summed E-state index contributed by atoms with van der Waals surface area (Å²) in [6.07, 6.45) is -0.163. The summed E-state index contributed by atoms with van der Waals surface area (Å²) in [4.78, 5) is 18.7. The Morgan fingerprint density at radius 1 is 1.50 bits per heavy atom. The highest BCUT2D eigenvalue weighted by molar-refractivity contribution is 9.10. The van der Waals surface area contributed by atoms with Crippen LogP contribution in [0.2, 0.25) is 0 Å². The summed E-state index contributed by atoms with van der Waals surface area (Å²) in [5.74, 6) is 0.867. The van der Waals surface area contributed by atoms with Gasteiger partial charge in [-0.3, -0.25) is 4.79 Å². The molecule has 1 rings (SSSR count). The Bertz CT molecular complexity index is 415. The second-order valence-corrected chi connectivity index (χ2v) is 4.76. The molecule has 0 aliphatic carbocycles. The minimum atomic E-state index is -0.163. The molecule has 0 spiro atoms. The smallest absolute Gasteiger partial charge is 0.265 e. The molecule has 0 radical (unpaired) electrons. The minimum Gasteiger partial charge on any atom is -0.370 e. The maximum atomic E-state index is 11.6. The molecule has 1 aromatic heterocycles. The molecule has 4 nitrogen and oxygen atoms in total. The summed E-state index contributed by atoms with van der Waals surface area (Å²) >= 11 is 3.19. The summed E-state index contributed by atoms with van der Waals surface area (Å²) < 4.78 is 6.07. The van der Waals surface area contributed by atoms with Crippen molar-refractivity contribution in [1.29, 1.82) is 0 Å². The number of nitrogens with zero attached hydrogens (tertiary/aromatic N) is 1. The van der Waals surface area contributed by atoms with Gasteiger partial charge in [-0.1, -0.05) is 13.8 Å². The van der Waals surface area contributed by atoms with Crippen LogP contribution in [-0.4, -0.2) is 16.6 Å². The fourth-order valence-corrected chi connectivity index (χ4v) is 1.68. The average Bonchev–Trinajstić information content (AvgIpc) is 2.21. The lowest BCUT2D eigenvalue weighted by Gasteiger charge is -2.20. The lowest BCUT2D eigenvalue weighted by molar-refractivity contribution is 0.0229. The Balaban J connectivity index is 3.15. The van der Waals surface area contributed by atoms with Crippen molar-refractivity contribution in [3.8, 4) is 0 Å². The van der Waals surface area contributed by atoms with E-state index in [1.54, 1.807) is 6.92 Å². The van der Waals surface area contributed by atoms with Gasteiger partial charge in [-0.05, 0) is 35.7 Å². The molecule has 1 N–H and O–H groups in total. The predicted octanol–water partition coefficient (Wildman–Crippen LogP) is 2.57. The van der Waals surface area contributed by atoms with Gasteiger partial charge in [-0.15, -0.1) is 0 Å². The number of H-pyrrole nitrogens is 1. The first-order valence-electron chi connectivity index (χ1n) is 5.35. The predicted molar refractivity (Wildman–Crippen MR) is 66.5 cm³/mol. The van der Waals surface area contributed by atoms with Crippen molar-refractivity contribution >= 4 is 15.9 Å². The molecule has 90 valence electrons. The molecule has 0 aromatic carbocycles. The number of aromatic nitrogens is 2. The van der Waals surface area contributed by atoms with Gasteiger partial charge in [0.2, 0.25) is 0 Å². The molecule has 1 atom stereocenters. The van der Waals surface area contributed by atoms with Crippen LogP contribution >= 0.6 is 15.9 Å². The fourth-order valence-electron chi connectivity index (χ4n) is 1.49. The molecule has 16 heavy (non-hydrogen) atoms. The molecule has 0 saturated heterocycles. The second-order valence-electron chi connectivity index (χ2n) is 3.97. The Morgan fingerprint density at radius 2 is 2.12 bits per heavy atom. The van der Waals surface area contributed by atoms with E-state index >= 15 is 0 Å². The van der Waals surface area contributed by atoms with Crippen molar-refractivity contribution in [3.63, 3.8) is 0 Å². The maximum Gasteiger partial charge on any atom is 0.265 e. The summed E-state index contributed by atoms with van der Waals surface area (Å²) in [5.41, 5.74) is 0.525. The van der Waals surface area contributed by atoms with E-state index in [1.165, 1.54) is 0 Å². The monoisotopic (exact) mass is 288 g/mol. The van der Waals surface area contributed by atoms with Crippen LogP contribution in [-0.2, 0) is 4.74 Å². The number of aryl methyl sites for hydroxylation is 1. The van der Waals surface area contributed by atoms with Gasteiger partial charge in [-0.2, -0.15) is 0 Å². The number of rotatable bonds is 4. The van der Waals surface area contributed by atoms with Crippen LogP contribution in [0, 0.1) is 12.8 Å². The molecule has 1 heterocycles. The van der Waals surface area contributed by atoms with Gasteiger partial charge in [0.15, 0.2) is 0 Å². The topological polar surface area (TPSA) is 55.0 Å². The Kier molecular flexibility index (Phi) is 4.68. The average molecular weight is 289 g/mol. The molecule has 0 saturated carbocycles. The van der Waals surface area contributed by atoms with Crippen molar-refractivity contribution in [3.05, 3.63) is 26.3 Å². The SMILES string of the molecule is CCOC(c1nc(C)c(Br)c(=O)[nH]1)C(C)C. The van der Waals surface area contributed by atoms with Crippen molar-refractivity contribution in [2.45, 2.75) is 33.8 Å². The van der Waals surface area contributed by atoms with E-state index in [1.807, 2.05) is 20.8 Å². The van der Waals surface area contributed by atoms with E-state index in [0.29, 0.717) is 22.6 Å². The number of nitrogens with one attached hydrogen (secondary N) is 1. The molecule has 5 heteroatoms. The molecule has 0 aliphatic heterocycles. The Labute approximate surface area is 104 Å². The van der Waals surface area contributed by atoms with Gasteiger partial charge in [-0.25, -0.2) is 4.98 Å². The van der Waals surface area contributed by atoms with E-state index < -0.39 is 0 Å². The third-order valence-electron chi connectivity index (χ3n) is 2.27. The van der Waals surface area contributed by atoms with Crippen LogP contribution in [0.5, 0.6) is 0 Å². The van der Waals surface area contributed by atoms with Crippen LogP contribution in [0.1, 0.15) is 38.4 Å². The van der Waals surface area contributed by atoms with Crippen LogP contribution in [0.4, 0.5) is 0 Å². The zero-order valence-electron chi connectivity index (χ0n) is 10.0. The molecule has 0 bridgehead atoms. The summed E-state index contributed by atoms with van der Waals surface area (Å²) in [7, 11) is 0. The zero-order valence-corrected chi connectivity index (χ0v) is 11.6. The van der Waals surface area contributed by atoms with Crippen LogP contribution in [0.15, 0.2) is 9.27 Å². The third-order valence-corrected chi connectivity index (χ3v) is 3.20. The highest BCUT2D eigenvalue weighted by Crippen LogP contribution is 2.22. The number of halogens is 1. The van der Waals surface area contributed by atoms with Gasteiger partial charge in [0.1, 0.15) is 16.4 Å². The summed E-state index contributed by atoms with van der Waals surface area (Å²) in [6, 6.07) is 0. The van der Waals surface area contributed by atoms with E-state index in [-0.39, 0.29) is 17.6 Å². The van der Waals surface area contributed by atoms with E-state index in [2.05, 4.69) is 25.9 Å². The molecular formula is C11H17BrN2O2. The minimum absolute atomic E-state index is 0.159. The highest BCUT2D eigenvalue weighted by atomic mass is 79.9. The number of hydrogen-bond acceptors (Lipinski definition) is 3. The lowest BCUT2D eigenvalue weighted by atomic mass is 10.1. The summed E-state index contributed by atoms with van der Waals surface area (Å²) in [5, 5.41) is 0. The van der Waals surface area contributed by atoms with Crippen molar-refractivity contribution in [1.82, 2.24) is 9.97 Å². The Morgan fingerprint density at radius 3 is 2.56 bits per heavy atom. The first-order valence-corrected chi connectivity index (χ1v) is 6.14. The largest absolute Gasteiger partial charge is 0.370 e. The molecule has 1 aromatic rings. The van der Waals surface area contributed by atoms with Crippen LogP contribution < -0.4 is 5.56 Å². The third kappa shape index (κ3) is 2.92. The molecule has 0 fully saturated rings. The first kappa shape index (κ1) is 13.4. The maximum absolute atomic E-state index is 11.6. The summed E-state index contributed by atoms with van der Waals surface area (Å²) in [6.45, 7) is 8.41. The van der Waals surface area contributed by atoms with Crippen molar-refractivity contribution in [2.24, 2.45) is 5.92 Å². The van der Waals surface area contributed by atoms with Crippen LogP contribution in [0.25, 0.3) is 0 Å². The standard InChI is InChI=1S/C11H17BrN2O2/c1-5-16-9(6(2)3)10-13-7(4)8(12)11(15)14-10/h6,9H,5H2,1-4H3,(H,13,14,15). The highest BCUT2D eigenvalue weighted by Gasteiger charge is 2.19. The second kappa shape index (κ2) is 5.59. The number of ether oxygens (including phenoxy) is 1. The molecule has 0 amide bonds. The fraction of sp³-hybridized carbons (Fsp3) is 0.636. The Hall–Kier alpha value is -0.680. The van der Waals surface area contributed by atoms with Gasteiger partial charge in [0, 0.05) is 6.61 Å². The molecule has 1 unspecified atom stereocenters. The van der Waals surface area contributed by atoms with E-state index in [4.69, 9.17) is 4.74 Å². The normalized spacial score (nSPS) is 13.1.